The van der Waals surface area contributed by atoms with Crippen LogP contribution in [0.4, 0.5) is 5.69 Å². The highest BCUT2D eigenvalue weighted by Crippen LogP contribution is 2.28. The number of nitrogens with two attached hydrogens (primary N) is 1. The standard InChI is InChI=1S/C12H13N3O3/c1-15-6-5-14-11(12(15)16)18-10-4-3-8(17-2)7-9(10)13/h3-7H,13H2,1-2H3. The van der Waals surface area contributed by atoms with Crippen molar-refractivity contribution in [2.45, 2.75) is 0 Å². The van der Waals surface area contributed by atoms with Gasteiger partial charge >= 0.3 is 5.56 Å². The van der Waals surface area contributed by atoms with E-state index >= 15 is 0 Å². The predicted molar refractivity (Wildman–Crippen MR) is 67.0 cm³/mol. The van der Waals surface area contributed by atoms with Gasteiger partial charge in [-0.05, 0) is 12.1 Å². The Morgan fingerprint density at radius 3 is 2.83 bits per heavy atom. The summed E-state index contributed by atoms with van der Waals surface area (Å²) in [5, 5.41) is 0. The van der Waals surface area contributed by atoms with E-state index in [0.29, 0.717) is 17.2 Å². The van der Waals surface area contributed by atoms with Gasteiger partial charge in [0, 0.05) is 25.5 Å². The predicted octanol–water partition coefficient (Wildman–Crippen LogP) is 1.16. The molecule has 0 saturated carbocycles. The van der Waals surface area contributed by atoms with Crippen molar-refractivity contribution >= 4 is 5.69 Å². The number of aryl methyl sites for hydroxylation is 1. The molecule has 0 atom stereocenters. The molecule has 6 heteroatoms. The molecule has 0 aliphatic heterocycles. The molecule has 0 spiro atoms. The van der Waals surface area contributed by atoms with Crippen LogP contribution in [0.25, 0.3) is 0 Å². The highest BCUT2D eigenvalue weighted by Gasteiger charge is 2.08. The first-order valence-electron chi connectivity index (χ1n) is 5.25. The van der Waals surface area contributed by atoms with Crippen LogP contribution in [0.15, 0.2) is 35.4 Å². The number of benzene rings is 1. The van der Waals surface area contributed by atoms with Crippen LogP contribution in [0.2, 0.25) is 0 Å². The van der Waals surface area contributed by atoms with E-state index in [-0.39, 0.29) is 11.4 Å². The Morgan fingerprint density at radius 1 is 1.39 bits per heavy atom. The Hall–Kier alpha value is -2.50. The highest BCUT2D eigenvalue weighted by atomic mass is 16.5. The molecule has 0 aliphatic rings. The molecule has 18 heavy (non-hydrogen) atoms. The zero-order valence-electron chi connectivity index (χ0n) is 10.1. The van der Waals surface area contributed by atoms with Gasteiger partial charge in [0.1, 0.15) is 5.75 Å². The van der Waals surface area contributed by atoms with Gasteiger partial charge in [-0.15, -0.1) is 0 Å². The Morgan fingerprint density at radius 2 is 2.17 bits per heavy atom. The second kappa shape index (κ2) is 4.79. The molecule has 0 saturated heterocycles. The first-order chi connectivity index (χ1) is 8.61. The summed E-state index contributed by atoms with van der Waals surface area (Å²) in [6.45, 7) is 0. The number of hydrogen-bond acceptors (Lipinski definition) is 5. The second-order valence-electron chi connectivity index (χ2n) is 3.65. The molecule has 1 heterocycles. The van der Waals surface area contributed by atoms with Crippen LogP contribution in [0.3, 0.4) is 0 Å². The smallest absolute Gasteiger partial charge is 0.313 e. The van der Waals surface area contributed by atoms with Crippen LogP contribution < -0.4 is 20.8 Å². The lowest BCUT2D eigenvalue weighted by Crippen LogP contribution is -2.18. The van der Waals surface area contributed by atoms with Gasteiger partial charge in [-0.2, -0.15) is 0 Å². The van der Waals surface area contributed by atoms with Gasteiger partial charge in [0.25, 0.3) is 5.88 Å². The summed E-state index contributed by atoms with van der Waals surface area (Å²) in [7, 11) is 3.16. The number of anilines is 1. The summed E-state index contributed by atoms with van der Waals surface area (Å²) in [5.74, 6) is 0.970. The zero-order valence-corrected chi connectivity index (χ0v) is 10.1. The molecular weight excluding hydrogens is 234 g/mol. The van der Waals surface area contributed by atoms with Crippen LogP contribution in [0.1, 0.15) is 0 Å². The van der Waals surface area contributed by atoms with Crippen molar-refractivity contribution in [3.8, 4) is 17.4 Å². The van der Waals surface area contributed by atoms with Crippen molar-refractivity contribution in [2.75, 3.05) is 12.8 Å². The first-order valence-corrected chi connectivity index (χ1v) is 5.25. The molecule has 1 aromatic heterocycles. The zero-order chi connectivity index (χ0) is 13.1. The van der Waals surface area contributed by atoms with Gasteiger partial charge in [-0.1, -0.05) is 0 Å². The molecule has 1 aromatic carbocycles. The third kappa shape index (κ3) is 2.27. The van der Waals surface area contributed by atoms with E-state index in [2.05, 4.69) is 4.98 Å². The second-order valence-corrected chi connectivity index (χ2v) is 3.65. The molecular formula is C12H13N3O3. The fourth-order valence-electron chi connectivity index (χ4n) is 1.40. The summed E-state index contributed by atoms with van der Waals surface area (Å²) in [4.78, 5) is 15.6. The van der Waals surface area contributed by atoms with Gasteiger partial charge in [0.15, 0.2) is 5.75 Å². The SMILES string of the molecule is COc1ccc(Oc2nccn(C)c2=O)c(N)c1. The lowest BCUT2D eigenvalue weighted by molar-refractivity contribution is 0.412. The van der Waals surface area contributed by atoms with E-state index in [0.717, 1.165) is 0 Å². The van der Waals surface area contributed by atoms with Crippen LogP contribution in [0, 0.1) is 0 Å². The molecule has 0 fully saturated rings. The van der Waals surface area contributed by atoms with Crippen LogP contribution in [0.5, 0.6) is 17.4 Å². The fraction of sp³-hybridized carbons (Fsp3) is 0.167. The Labute approximate surface area is 104 Å². The molecule has 2 aromatic rings. The summed E-state index contributed by atoms with van der Waals surface area (Å²) < 4.78 is 11.8. The van der Waals surface area contributed by atoms with Gasteiger partial charge in [-0.3, -0.25) is 4.79 Å². The maximum absolute atomic E-state index is 11.7. The number of ether oxygens (including phenoxy) is 2. The van der Waals surface area contributed by atoms with Crippen molar-refractivity contribution in [3.63, 3.8) is 0 Å². The van der Waals surface area contributed by atoms with Gasteiger partial charge in [0.2, 0.25) is 0 Å². The van der Waals surface area contributed by atoms with Crippen molar-refractivity contribution in [1.29, 1.82) is 0 Å². The molecule has 0 amide bonds. The average molecular weight is 247 g/mol. The van der Waals surface area contributed by atoms with Crippen LogP contribution in [-0.2, 0) is 7.05 Å². The van der Waals surface area contributed by atoms with Gasteiger partial charge < -0.3 is 19.8 Å². The fourth-order valence-corrected chi connectivity index (χ4v) is 1.40. The maximum atomic E-state index is 11.7. The summed E-state index contributed by atoms with van der Waals surface area (Å²) >= 11 is 0. The number of aromatic nitrogens is 2. The van der Waals surface area contributed by atoms with E-state index in [1.807, 2.05) is 0 Å². The minimum Gasteiger partial charge on any atom is -0.497 e. The van der Waals surface area contributed by atoms with E-state index in [9.17, 15) is 4.79 Å². The number of nitrogens with zero attached hydrogens (tertiary/aromatic N) is 2. The summed E-state index contributed by atoms with van der Waals surface area (Å²) in [5.41, 5.74) is 5.84. The van der Waals surface area contributed by atoms with Crippen molar-refractivity contribution in [1.82, 2.24) is 9.55 Å². The molecule has 94 valence electrons. The van der Waals surface area contributed by atoms with Gasteiger partial charge in [0.05, 0.1) is 12.8 Å². The molecule has 2 rings (SSSR count). The third-order valence-corrected chi connectivity index (χ3v) is 2.41. The number of methoxy groups -OCH3 is 1. The Kier molecular flexibility index (Phi) is 3.18. The first kappa shape index (κ1) is 12.0. The minimum atomic E-state index is -0.326. The highest BCUT2D eigenvalue weighted by molar-refractivity contribution is 5.56. The van der Waals surface area contributed by atoms with Crippen LogP contribution >= 0.6 is 0 Å². The summed E-state index contributed by atoms with van der Waals surface area (Å²) in [6.07, 6.45) is 3.03. The lowest BCUT2D eigenvalue weighted by Gasteiger charge is -2.08. The number of hydrogen-bond donors (Lipinski definition) is 1. The van der Waals surface area contributed by atoms with Crippen molar-refractivity contribution < 1.29 is 9.47 Å². The summed E-state index contributed by atoms with van der Waals surface area (Å²) in [6, 6.07) is 4.93. The van der Waals surface area contributed by atoms with Crippen molar-refractivity contribution in [2.24, 2.45) is 7.05 Å². The number of rotatable bonds is 3. The Bertz CT molecular complexity index is 622. The maximum Gasteiger partial charge on any atom is 0.313 e. The van der Waals surface area contributed by atoms with Crippen molar-refractivity contribution in [3.05, 3.63) is 40.9 Å². The third-order valence-electron chi connectivity index (χ3n) is 2.41. The molecule has 0 bridgehead atoms. The largest absolute Gasteiger partial charge is 0.497 e. The molecule has 6 nitrogen and oxygen atoms in total. The number of nitrogen functional groups attached to an aromatic ring is 1. The van der Waals surface area contributed by atoms with E-state index in [4.69, 9.17) is 15.2 Å². The van der Waals surface area contributed by atoms with Gasteiger partial charge in [-0.25, -0.2) is 4.98 Å². The molecule has 0 unspecified atom stereocenters. The lowest BCUT2D eigenvalue weighted by atomic mass is 10.3. The average Bonchev–Trinajstić information content (AvgIpc) is 2.37. The molecule has 2 N–H and O–H groups in total. The quantitative estimate of drug-likeness (QED) is 0.823. The monoisotopic (exact) mass is 247 g/mol. The molecule has 0 radical (unpaired) electrons. The van der Waals surface area contributed by atoms with E-state index < -0.39 is 0 Å². The minimum absolute atomic E-state index is 0.0168. The van der Waals surface area contributed by atoms with Crippen LogP contribution in [-0.4, -0.2) is 16.7 Å². The molecule has 0 aliphatic carbocycles. The van der Waals surface area contributed by atoms with E-state index in [1.165, 1.54) is 10.8 Å². The topological polar surface area (TPSA) is 79.4 Å². The van der Waals surface area contributed by atoms with E-state index in [1.54, 1.807) is 38.6 Å². The normalized spacial score (nSPS) is 10.1. The Balaban J connectivity index is 2.34.